The zero-order chi connectivity index (χ0) is 28.7. The number of benzene rings is 2. The SMILES string of the molecule is CC(C)(C)OC(Cc1ccccc1)(N(N)C(=O)OCCCCCc1c[nH]c2ccccc12)C(O)(O)C(N)=C=O. The zero-order valence-electron chi connectivity index (χ0n) is 22.6. The van der Waals surface area contributed by atoms with Crippen molar-refractivity contribution in [3.05, 3.63) is 77.6 Å². The van der Waals surface area contributed by atoms with Crippen LogP contribution in [0.4, 0.5) is 4.79 Å². The molecular weight excluding hydrogens is 500 g/mol. The van der Waals surface area contributed by atoms with Crippen molar-refractivity contribution in [2.75, 3.05) is 6.61 Å². The number of nitrogens with two attached hydrogens (primary N) is 2. The summed E-state index contributed by atoms with van der Waals surface area (Å²) in [6.45, 7) is 4.95. The van der Waals surface area contributed by atoms with E-state index in [1.54, 1.807) is 51.1 Å². The van der Waals surface area contributed by atoms with Crippen molar-refractivity contribution in [1.29, 1.82) is 0 Å². The molecule has 7 N–H and O–H groups in total. The number of carbonyl (C=O) groups excluding carboxylic acids is 2. The van der Waals surface area contributed by atoms with Crippen molar-refractivity contribution in [3.8, 4) is 0 Å². The Labute approximate surface area is 228 Å². The van der Waals surface area contributed by atoms with E-state index < -0.39 is 28.9 Å². The van der Waals surface area contributed by atoms with E-state index >= 15 is 0 Å². The highest BCUT2D eigenvalue weighted by molar-refractivity contribution is 5.83. The van der Waals surface area contributed by atoms with Crippen molar-refractivity contribution in [3.63, 3.8) is 0 Å². The quantitative estimate of drug-likeness (QED) is 0.0585. The molecule has 3 aromatic rings. The standard InChI is InChI=1S/C29H38N4O6/c1-27(2,3)39-28(29(36,37)25(30)20-34,18-21-12-6-4-7-13-21)33(31)26(35)38-17-11-5-8-14-22-19-32-24-16-10-9-15-23(22)24/h4,6-7,9-10,12-13,15-16,19,32,36-37H,5,8,11,14,17-18,30-31H2,1-3H3. The zero-order valence-corrected chi connectivity index (χ0v) is 22.6. The van der Waals surface area contributed by atoms with Crippen LogP contribution < -0.4 is 11.6 Å². The summed E-state index contributed by atoms with van der Waals surface area (Å²) in [5.41, 5.74) is 4.02. The second kappa shape index (κ2) is 12.5. The van der Waals surface area contributed by atoms with Crippen molar-refractivity contribution in [1.82, 2.24) is 9.99 Å². The van der Waals surface area contributed by atoms with Gasteiger partial charge in [-0.1, -0.05) is 48.5 Å². The van der Waals surface area contributed by atoms with Crippen LogP contribution in [0.15, 0.2) is 66.5 Å². The van der Waals surface area contributed by atoms with Crippen LogP contribution in [0, 0.1) is 0 Å². The Kier molecular flexibility index (Phi) is 9.55. The Morgan fingerprint density at radius 2 is 1.69 bits per heavy atom. The molecule has 3 rings (SSSR count). The second-order valence-electron chi connectivity index (χ2n) is 10.5. The molecule has 0 aliphatic heterocycles. The number of hydrogen-bond acceptors (Lipinski definition) is 8. The van der Waals surface area contributed by atoms with Gasteiger partial charge in [-0.3, -0.25) is 0 Å². The predicted molar refractivity (Wildman–Crippen MR) is 148 cm³/mol. The van der Waals surface area contributed by atoms with Gasteiger partial charge in [0.25, 0.3) is 5.79 Å². The van der Waals surface area contributed by atoms with Crippen LogP contribution in [-0.2, 0) is 27.1 Å². The number of H-pyrrole nitrogens is 1. The Morgan fingerprint density at radius 3 is 2.36 bits per heavy atom. The number of para-hydroxylation sites is 1. The molecular formula is C29H38N4O6. The number of unbranched alkanes of at least 4 members (excludes halogenated alkanes) is 2. The summed E-state index contributed by atoms with van der Waals surface area (Å²) in [5.74, 6) is 4.29. The fraction of sp³-hybridized carbons (Fsp3) is 0.414. The molecule has 0 saturated heterocycles. The smallest absolute Gasteiger partial charge is 0.426 e. The van der Waals surface area contributed by atoms with E-state index in [1.807, 2.05) is 24.4 Å². The largest absolute Gasteiger partial charge is 0.448 e. The molecule has 10 nitrogen and oxygen atoms in total. The lowest BCUT2D eigenvalue weighted by Crippen LogP contribution is -2.73. The van der Waals surface area contributed by atoms with E-state index in [2.05, 4.69) is 11.1 Å². The average molecular weight is 539 g/mol. The van der Waals surface area contributed by atoms with Gasteiger partial charge in [-0.25, -0.2) is 20.4 Å². The van der Waals surface area contributed by atoms with Crippen molar-refractivity contribution in [2.24, 2.45) is 11.6 Å². The van der Waals surface area contributed by atoms with E-state index in [9.17, 15) is 19.8 Å². The van der Waals surface area contributed by atoms with Crippen LogP contribution >= 0.6 is 0 Å². The first kappa shape index (κ1) is 29.9. The molecule has 0 aliphatic carbocycles. The molecule has 1 heterocycles. The van der Waals surface area contributed by atoms with E-state index in [-0.39, 0.29) is 13.0 Å². The first-order valence-electron chi connectivity index (χ1n) is 12.9. The molecule has 1 amide bonds. The second-order valence-corrected chi connectivity index (χ2v) is 10.5. The van der Waals surface area contributed by atoms with E-state index in [0.717, 1.165) is 24.8 Å². The summed E-state index contributed by atoms with van der Waals surface area (Å²) >= 11 is 0. The summed E-state index contributed by atoms with van der Waals surface area (Å²) in [6.07, 6.45) is 3.72. The number of hydrazine groups is 1. The molecule has 39 heavy (non-hydrogen) atoms. The third kappa shape index (κ3) is 7.06. The maximum atomic E-state index is 13.1. The molecule has 10 heteroatoms. The average Bonchev–Trinajstić information content (AvgIpc) is 3.31. The van der Waals surface area contributed by atoms with Gasteiger partial charge in [-0.2, -0.15) is 0 Å². The third-order valence-electron chi connectivity index (χ3n) is 6.37. The minimum atomic E-state index is -3.20. The van der Waals surface area contributed by atoms with Crippen molar-refractivity contribution < 1.29 is 29.3 Å². The highest BCUT2D eigenvalue weighted by Gasteiger charge is 2.61. The number of amides is 1. The molecule has 0 spiro atoms. The number of aromatic amines is 1. The number of ether oxygens (including phenoxy) is 2. The van der Waals surface area contributed by atoms with Crippen LogP contribution in [0.2, 0.25) is 0 Å². The van der Waals surface area contributed by atoms with Gasteiger partial charge < -0.3 is 30.4 Å². The highest BCUT2D eigenvalue weighted by atomic mass is 16.6. The Morgan fingerprint density at radius 1 is 1.03 bits per heavy atom. The predicted octanol–water partition coefficient (Wildman–Crippen LogP) is 3.30. The number of rotatable bonds is 12. The fourth-order valence-corrected chi connectivity index (χ4v) is 4.50. The highest BCUT2D eigenvalue weighted by Crippen LogP contribution is 2.37. The van der Waals surface area contributed by atoms with Gasteiger partial charge in [-0.05, 0) is 63.6 Å². The van der Waals surface area contributed by atoms with E-state index in [1.165, 1.54) is 16.9 Å². The van der Waals surface area contributed by atoms with Gasteiger partial charge in [0.2, 0.25) is 5.72 Å². The number of aromatic nitrogens is 1. The van der Waals surface area contributed by atoms with Crippen LogP contribution in [0.25, 0.3) is 10.9 Å². The number of hydrogen-bond donors (Lipinski definition) is 5. The van der Waals surface area contributed by atoms with E-state index in [0.29, 0.717) is 17.0 Å². The molecule has 0 fully saturated rings. The van der Waals surface area contributed by atoms with E-state index in [4.69, 9.17) is 21.1 Å². The fourth-order valence-electron chi connectivity index (χ4n) is 4.50. The van der Waals surface area contributed by atoms with Crippen LogP contribution in [-0.4, -0.2) is 56.0 Å². The van der Waals surface area contributed by atoms with Gasteiger partial charge in [0.1, 0.15) is 0 Å². The number of aliphatic hydroxyl groups is 2. The first-order chi connectivity index (χ1) is 18.4. The van der Waals surface area contributed by atoms with Crippen molar-refractivity contribution >= 4 is 22.9 Å². The van der Waals surface area contributed by atoms with Gasteiger partial charge in [-0.15, -0.1) is 0 Å². The maximum Gasteiger partial charge on any atom is 0.426 e. The van der Waals surface area contributed by atoms with Crippen LogP contribution in [0.5, 0.6) is 0 Å². The summed E-state index contributed by atoms with van der Waals surface area (Å²) in [6, 6.07) is 16.7. The summed E-state index contributed by atoms with van der Waals surface area (Å²) in [4.78, 5) is 27.8. The number of nitrogens with zero attached hydrogens (tertiary/aromatic N) is 1. The minimum Gasteiger partial charge on any atom is -0.448 e. The van der Waals surface area contributed by atoms with Gasteiger partial charge in [0, 0.05) is 23.5 Å². The Hall–Kier alpha value is -3.66. The lowest BCUT2D eigenvalue weighted by atomic mass is 9.90. The Bertz CT molecular complexity index is 1290. The first-order valence-corrected chi connectivity index (χ1v) is 12.9. The van der Waals surface area contributed by atoms with Gasteiger partial charge in [0.05, 0.1) is 12.2 Å². The molecule has 0 saturated carbocycles. The lowest BCUT2D eigenvalue weighted by Gasteiger charge is -2.49. The number of fused-ring (bicyclic) bond motifs is 1. The topological polar surface area (TPSA) is 164 Å². The normalized spacial score (nSPS) is 13.5. The third-order valence-corrected chi connectivity index (χ3v) is 6.37. The number of aryl methyl sites for hydroxylation is 1. The molecule has 2 aromatic carbocycles. The van der Waals surface area contributed by atoms with Crippen LogP contribution in [0.3, 0.4) is 0 Å². The molecule has 0 bridgehead atoms. The summed E-state index contributed by atoms with van der Waals surface area (Å²) in [7, 11) is 0. The number of nitrogens with one attached hydrogen (secondary N) is 1. The minimum absolute atomic E-state index is 0.0419. The maximum absolute atomic E-state index is 13.1. The molecule has 1 aromatic heterocycles. The monoisotopic (exact) mass is 538 g/mol. The molecule has 210 valence electrons. The van der Waals surface area contributed by atoms with Gasteiger partial charge >= 0.3 is 6.09 Å². The summed E-state index contributed by atoms with van der Waals surface area (Å²) < 4.78 is 11.4. The lowest BCUT2D eigenvalue weighted by molar-refractivity contribution is -0.339. The molecule has 0 aliphatic rings. The Balaban J connectivity index is 1.71. The molecule has 1 unspecified atom stereocenters. The van der Waals surface area contributed by atoms with Crippen molar-refractivity contribution in [2.45, 2.75) is 70.0 Å². The number of carbonyl (C=O) groups is 1. The van der Waals surface area contributed by atoms with Gasteiger partial charge in [0.15, 0.2) is 11.6 Å². The van der Waals surface area contributed by atoms with Crippen LogP contribution in [0.1, 0.15) is 51.2 Å². The molecule has 0 radical (unpaired) electrons. The molecule has 1 atom stereocenters. The summed E-state index contributed by atoms with van der Waals surface area (Å²) in [5, 5.41) is 23.9.